The third-order valence-corrected chi connectivity index (χ3v) is 11.3. The van der Waals surface area contributed by atoms with E-state index in [4.69, 9.17) is 4.74 Å². The van der Waals surface area contributed by atoms with Gasteiger partial charge in [-0.25, -0.2) is 0 Å². The summed E-state index contributed by atoms with van der Waals surface area (Å²) in [5.41, 5.74) is 12.8. The van der Waals surface area contributed by atoms with E-state index in [0.717, 1.165) is 22.6 Å². The van der Waals surface area contributed by atoms with Gasteiger partial charge >= 0.3 is 0 Å². The fourth-order valence-corrected chi connectivity index (χ4v) is 8.98. The summed E-state index contributed by atoms with van der Waals surface area (Å²) in [6.07, 6.45) is 0. The van der Waals surface area contributed by atoms with Crippen LogP contribution in [0.25, 0.3) is 33.0 Å². The molecule has 1 nitrogen and oxygen atoms in total. The summed E-state index contributed by atoms with van der Waals surface area (Å²) < 4.78 is 6.72. The van der Waals surface area contributed by atoms with Crippen molar-refractivity contribution < 1.29 is 4.74 Å². The van der Waals surface area contributed by atoms with E-state index in [1.165, 1.54) is 60.8 Å². The van der Waals surface area contributed by atoms with Crippen LogP contribution in [0.4, 0.5) is 0 Å². The highest BCUT2D eigenvalue weighted by Crippen LogP contribution is 2.58. The van der Waals surface area contributed by atoms with Crippen molar-refractivity contribution in [1.29, 1.82) is 0 Å². The number of fused-ring (bicyclic) bond motifs is 7. The Labute approximate surface area is 293 Å². The molecule has 2 unspecified atom stereocenters. The van der Waals surface area contributed by atoms with Crippen LogP contribution in [-0.4, -0.2) is 0 Å². The monoisotopic (exact) mass is 638 g/mol. The van der Waals surface area contributed by atoms with Crippen molar-refractivity contribution >= 4 is 10.8 Å². The predicted octanol–water partition coefficient (Wildman–Crippen LogP) is 12.3. The van der Waals surface area contributed by atoms with E-state index in [2.05, 4.69) is 195 Å². The zero-order valence-corrected chi connectivity index (χ0v) is 27.8. The van der Waals surface area contributed by atoms with Crippen LogP contribution in [0, 0.1) is 0 Å². The second kappa shape index (κ2) is 10.9. The van der Waals surface area contributed by atoms with Crippen LogP contribution in [0.5, 0.6) is 11.5 Å². The molecule has 0 bridgehead atoms. The van der Waals surface area contributed by atoms with Crippen molar-refractivity contribution in [3.05, 3.63) is 227 Å². The SMILES string of the molecule is CC1(c2ccccc2)c2ccccc2Oc2cc(-c3cccc(C4(c5ccccc5)c5ccccc5-c5ccc6ccccc6c54)c3)ccc21. The van der Waals surface area contributed by atoms with Crippen molar-refractivity contribution in [2.24, 2.45) is 0 Å². The van der Waals surface area contributed by atoms with Gasteiger partial charge in [0.2, 0.25) is 0 Å². The third-order valence-electron chi connectivity index (χ3n) is 11.3. The average Bonchev–Trinajstić information content (AvgIpc) is 3.50. The van der Waals surface area contributed by atoms with Gasteiger partial charge in [0.15, 0.2) is 0 Å². The fourth-order valence-electron chi connectivity index (χ4n) is 8.98. The predicted molar refractivity (Wildman–Crippen MR) is 205 cm³/mol. The van der Waals surface area contributed by atoms with Crippen LogP contribution in [-0.2, 0) is 10.8 Å². The van der Waals surface area contributed by atoms with Gasteiger partial charge in [-0.15, -0.1) is 0 Å². The normalized spacial score (nSPS) is 18.4. The maximum atomic E-state index is 6.72. The van der Waals surface area contributed by atoms with Gasteiger partial charge in [0.25, 0.3) is 0 Å². The molecule has 0 aromatic heterocycles. The Bertz CT molecular complexity index is 2580. The van der Waals surface area contributed by atoms with Crippen molar-refractivity contribution in [1.82, 2.24) is 0 Å². The van der Waals surface area contributed by atoms with E-state index in [0.29, 0.717) is 0 Å². The molecule has 0 amide bonds. The summed E-state index contributed by atoms with van der Waals surface area (Å²) in [6.45, 7) is 2.33. The molecule has 2 atom stereocenters. The molecule has 0 saturated carbocycles. The molecule has 0 N–H and O–H groups in total. The second-order valence-corrected chi connectivity index (χ2v) is 13.8. The Kier molecular flexibility index (Phi) is 6.29. The van der Waals surface area contributed by atoms with Gasteiger partial charge in [-0.3, -0.25) is 0 Å². The standard InChI is InChI=1S/C49H34O/c1-48(36-17-4-2-5-18-36)43-25-12-13-26-45(43)50-46-32-35(28-30-44(46)48)34-16-14-21-38(31-34)49(37-19-6-3-7-20-37)42-24-11-10-23-40(42)41-29-27-33-15-8-9-22-39(33)47(41)49/h2-32H,1H3. The van der Waals surface area contributed by atoms with E-state index >= 15 is 0 Å². The Morgan fingerprint density at radius 3 is 1.88 bits per heavy atom. The first kappa shape index (κ1) is 28.8. The zero-order valence-electron chi connectivity index (χ0n) is 27.8. The summed E-state index contributed by atoms with van der Waals surface area (Å²) in [5, 5.41) is 2.54. The molecule has 0 radical (unpaired) electrons. The molecule has 0 saturated heterocycles. The van der Waals surface area contributed by atoms with Gasteiger partial charge in [0.05, 0.1) is 5.41 Å². The van der Waals surface area contributed by atoms with Crippen LogP contribution in [0.2, 0.25) is 0 Å². The number of ether oxygens (including phenoxy) is 1. The largest absolute Gasteiger partial charge is 0.457 e. The summed E-state index contributed by atoms with van der Waals surface area (Å²) in [6, 6.07) is 68.8. The molecule has 1 heteroatoms. The van der Waals surface area contributed by atoms with Gasteiger partial charge in [-0.05, 0) is 86.0 Å². The molecular weight excluding hydrogens is 605 g/mol. The van der Waals surface area contributed by atoms with Gasteiger partial charge in [0.1, 0.15) is 11.5 Å². The molecule has 8 aromatic carbocycles. The Morgan fingerprint density at radius 1 is 0.400 bits per heavy atom. The molecule has 50 heavy (non-hydrogen) atoms. The molecule has 1 heterocycles. The highest BCUT2D eigenvalue weighted by Gasteiger charge is 2.47. The van der Waals surface area contributed by atoms with Crippen molar-refractivity contribution in [2.45, 2.75) is 17.8 Å². The minimum Gasteiger partial charge on any atom is -0.457 e. The third kappa shape index (κ3) is 3.95. The number of para-hydroxylation sites is 1. The summed E-state index contributed by atoms with van der Waals surface area (Å²) in [5.74, 6) is 1.81. The Balaban J connectivity index is 1.20. The second-order valence-electron chi connectivity index (χ2n) is 13.8. The van der Waals surface area contributed by atoms with Gasteiger partial charge < -0.3 is 4.74 Å². The number of hydrogen-bond acceptors (Lipinski definition) is 1. The van der Waals surface area contributed by atoms with Crippen molar-refractivity contribution in [3.8, 4) is 33.8 Å². The van der Waals surface area contributed by atoms with Crippen LogP contribution in [0.3, 0.4) is 0 Å². The summed E-state index contributed by atoms with van der Waals surface area (Å²) in [7, 11) is 0. The lowest BCUT2D eigenvalue weighted by Gasteiger charge is -2.38. The van der Waals surface area contributed by atoms with E-state index < -0.39 is 5.41 Å². The first-order chi connectivity index (χ1) is 24.7. The van der Waals surface area contributed by atoms with Gasteiger partial charge in [-0.2, -0.15) is 0 Å². The van der Waals surface area contributed by atoms with Gasteiger partial charge in [-0.1, -0.05) is 170 Å². The molecule has 1 aliphatic carbocycles. The van der Waals surface area contributed by atoms with E-state index in [9.17, 15) is 0 Å². The molecule has 1 aliphatic heterocycles. The highest BCUT2D eigenvalue weighted by atomic mass is 16.5. The maximum absolute atomic E-state index is 6.72. The molecule has 236 valence electrons. The molecule has 0 spiro atoms. The van der Waals surface area contributed by atoms with Gasteiger partial charge in [0, 0.05) is 16.5 Å². The van der Waals surface area contributed by atoms with E-state index in [-0.39, 0.29) is 5.41 Å². The number of rotatable bonds is 4. The Hall–Kier alpha value is -6.18. The van der Waals surface area contributed by atoms with Crippen LogP contribution in [0.15, 0.2) is 188 Å². The molecule has 8 aromatic rings. The molecule has 2 aliphatic rings. The average molecular weight is 639 g/mol. The van der Waals surface area contributed by atoms with Crippen molar-refractivity contribution in [2.75, 3.05) is 0 Å². The first-order valence-electron chi connectivity index (χ1n) is 17.4. The Morgan fingerprint density at radius 2 is 1.04 bits per heavy atom. The fraction of sp³-hybridized carbons (Fsp3) is 0.0612. The van der Waals surface area contributed by atoms with E-state index in [1.54, 1.807) is 0 Å². The lowest BCUT2D eigenvalue weighted by Crippen LogP contribution is -2.29. The molecule has 0 fully saturated rings. The number of hydrogen-bond donors (Lipinski definition) is 0. The zero-order chi connectivity index (χ0) is 33.3. The summed E-state index contributed by atoms with van der Waals surface area (Å²) in [4.78, 5) is 0. The molecule has 10 rings (SSSR count). The highest BCUT2D eigenvalue weighted by molar-refractivity contribution is 6.00. The van der Waals surface area contributed by atoms with Crippen LogP contribution >= 0.6 is 0 Å². The molecular formula is C49H34O. The summed E-state index contributed by atoms with van der Waals surface area (Å²) >= 11 is 0. The lowest BCUT2D eigenvalue weighted by atomic mass is 9.66. The lowest BCUT2D eigenvalue weighted by molar-refractivity contribution is 0.427. The van der Waals surface area contributed by atoms with Crippen LogP contribution in [0.1, 0.15) is 45.9 Å². The smallest absolute Gasteiger partial charge is 0.132 e. The quantitative estimate of drug-likeness (QED) is 0.186. The maximum Gasteiger partial charge on any atom is 0.132 e. The van der Waals surface area contributed by atoms with E-state index in [1.807, 2.05) is 0 Å². The topological polar surface area (TPSA) is 9.23 Å². The first-order valence-corrected chi connectivity index (χ1v) is 17.4. The minimum absolute atomic E-state index is 0.346. The minimum atomic E-state index is -0.500. The van der Waals surface area contributed by atoms with Crippen molar-refractivity contribution in [3.63, 3.8) is 0 Å². The number of benzene rings is 8. The van der Waals surface area contributed by atoms with Crippen LogP contribution < -0.4 is 4.74 Å².